The van der Waals surface area contributed by atoms with Gasteiger partial charge >= 0.3 is 6.09 Å². The minimum atomic E-state index is -1.45. The number of fused-ring (bicyclic) bond motifs is 3. The number of carbonyl (C=O) groups is 1. The van der Waals surface area contributed by atoms with Gasteiger partial charge in [-0.05, 0) is 91.5 Å². The molecule has 0 unspecified atom stereocenters. The summed E-state index contributed by atoms with van der Waals surface area (Å²) in [6, 6.07) is 20.6. The zero-order chi connectivity index (χ0) is 41.9. The number of aliphatic hydroxyl groups excluding tert-OH is 2. The predicted molar refractivity (Wildman–Crippen MR) is 227 cm³/mol. The van der Waals surface area contributed by atoms with Crippen molar-refractivity contribution < 1.29 is 48.3 Å². The van der Waals surface area contributed by atoms with Crippen molar-refractivity contribution in [2.45, 2.75) is 82.8 Å². The fraction of sp³-hybridized carbons (Fsp3) is 0.458. The minimum absolute atomic E-state index is 0.0585. The number of hydrogen-bond acceptors (Lipinski definition) is 11. The Morgan fingerprint density at radius 3 is 2.45 bits per heavy atom. The van der Waals surface area contributed by atoms with Crippen LogP contribution >= 0.6 is 0 Å². The number of carbonyl (C=O) groups excluding carboxylic acids is 1. The van der Waals surface area contributed by atoms with E-state index in [4.69, 9.17) is 38.4 Å². The lowest BCUT2D eigenvalue weighted by Crippen LogP contribution is -2.70. The first-order valence-electron chi connectivity index (χ1n) is 21.2. The number of unbranched alkanes of at least 4 members (excludes halogenated alkanes) is 2. The summed E-state index contributed by atoms with van der Waals surface area (Å²) >= 11 is 0. The van der Waals surface area contributed by atoms with Gasteiger partial charge in [0.25, 0.3) is 0 Å². The largest absolute Gasteiger partial charge is 0.490 e. The van der Waals surface area contributed by atoms with Crippen LogP contribution in [0, 0.1) is 17.8 Å². The normalized spacial score (nSPS) is 24.0. The van der Waals surface area contributed by atoms with Crippen LogP contribution in [0.4, 0.5) is 4.79 Å². The monoisotopic (exact) mass is 822 g/mol. The predicted octanol–water partition coefficient (Wildman–Crippen LogP) is 8.47. The van der Waals surface area contributed by atoms with Crippen molar-refractivity contribution in [2.75, 3.05) is 39.8 Å². The van der Waals surface area contributed by atoms with Gasteiger partial charge in [-0.25, -0.2) is 4.79 Å². The third kappa shape index (κ3) is 9.21. The highest BCUT2D eigenvalue weighted by molar-refractivity contribution is 6.03. The molecule has 1 saturated carbocycles. The van der Waals surface area contributed by atoms with Gasteiger partial charge in [-0.1, -0.05) is 79.2 Å². The van der Waals surface area contributed by atoms with E-state index in [0.717, 1.165) is 47.9 Å². The Balaban J connectivity index is 1.44. The summed E-state index contributed by atoms with van der Waals surface area (Å²) < 4.78 is 37.8. The first-order valence-corrected chi connectivity index (χ1v) is 21.2. The number of nitrogens with zero attached hydrogens (tertiary/aromatic N) is 2. The first-order chi connectivity index (χ1) is 29.4. The molecular formula is C48H58N2O10. The maximum absolute atomic E-state index is 14.5. The molecule has 0 bridgehead atoms. The molecule has 2 N–H and O–H groups in total. The summed E-state index contributed by atoms with van der Waals surface area (Å²) in [5.41, 5.74) is 4.37. The van der Waals surface area contributed by atoms with Crippen LogP contribution in [-0.4, -0.2) is 78.6 Å². The quantitative estimate of drug-likeness (QED) is 0.0612. The van der Waals surface area contributed by atoms with E-state index < -0.39 is 23.8 Å². The van der Waals surface area contributed by atoms with E-state index in [9.17, 15) is 15.0 Å². The van der Waals surface area contributed by atoms with Crippen LogP contribution in [0.5, 0.6) is 23.0 Å². The van der Waals surface area contributed by atoms with E-state index in [0.29, 0.717) is 48.2 Å². The standard InChI is InChI=1S/C48H58N2O10/c1-4-24-55-36-19-21-41-39(28-36)45-37(17-11-13-23-52)35(16-10-12-22-51)27-38-40(49-59-31-33-14-8-7-9-15-33)29-44(48(60-41,46(38)45)58-25-5-2)50(47(53)54-6-3)30-34-18-20-42-43(26-34)57-32-56-42/h4-5,7-9,14-15,18-21,26-28,35,37,44-46,51-52H,1-2,6,10-13,16-17,22-25,29-32H2,3H3/t35-,37+,44-,45+,46+,48+/m0/s1. The molecule has 1 amide bonds. The van der Waals surface area contributed by atoms with Crippen molar-refractivity contribution in [3.05, 3.63) is 120 Å². The summed E-state index contributed by atoms with van der Waals surface area (Å²) in [4.78, 5) is 22.4. The molecule has 12 nitrogen and oxygen atoms in total. The molecule has 7 rings (SSSR count). The van der Waals surface area contributed by atoms with Gasteiger partial charge in [0.05, 0.1) is 24.8 Å². The highest BCUT2D eigenvalue weighted by Crippen LogP contribution is 2.62. The molecule has 0 aromatic heterocycles. The van der Waals surface area contributed by atoms with E-state index in [1.807, 2.05) is 60.7 Å². The fourth-order valence-electron chi connectivity index (χ4n) is 9.40. The smallest absolute Gasteiger partial charge is 0.410 e. The van der Waals surface area contributed by atoms with Crippen LogP contribution in [0.25, 0.3) is 0 Å². The molecule has 1 fully saturated rings. The summed E-state index contributed by atoms with van der Waals surface area (Å²) in [6.07, 6.45) is 10.0. The zero-order valence-corrected chi connectivity index (χ0v) is 34.5. The lowest BCUT2D eigenvalue weighted by molar-refractivity contribution is -0.256. The van der Waals surface area contributed by atoms with Crippen LogP contribution in [0.2, 0.25) is 0 Å². The van der Waals surface area contributed by atoms with E-state index >= 15 is 0 Å². The Kier molecular flexibility index (Phi) is 14.5. The third-order valence-electron chi connectivity index (χ3n) is 11.9. The number of amides is 1. The topological polar surface area (TPSA) is 138 Å². The average molecular weight is 823 g/mol. The van der Waals surface area contributed by atoms with Crippen molar-refractivity contribution in [1.82, 2.24) is 4.90 Å². The molecule has 2 aliphatic carbocycles. The maximum Gasteiger partial charge on any atom is 0.410 e. The molecule has 4 aliphatic rings. The molecule has 3 aromatic carbocycles. The summed E-state index contributed by atoms with van der Waals surface area (Å²) in [5, 5.41) is 24.8. The summed E-state index contributed by atoms with van der Waals surface area (Å²) in [6.45, 7) is 11.0. The van der Waals surface area contributed by atoms with Crippen LogP contribution in [0.1, 0.15) is 74.5 Å². The minimum Gasteiger partial charge on any atom is -0.490 e. The molecule has 6 atom stereocenters. The maximum atomic E-state index is 14.5. The molecule has 0 spiro atoms. The summed E-state index contributed by atoms with van der Waals surface area (Å²) in [7, 11) is 0. The first kappa shape index (κ1) is 42.8. The van der Waals surface area contributed by atoms with Crippen molar-refractivity contribution in [2.24, 2.45) is 22.9 Å². The van der Waals surface area contributed by atoms with Crippen molar-refractivity contribution >= 4 is 11.8 Å². The molecule has 2 aliphatic heterocycles. The zero-order valence-electron chi connectivity index (χ0n) is 34.5. The highest BCUT2D eigenvalue weighted by atomic mass is 16.7. The molecular weight excluding hydrogens is 765 g/mol. The van der Waals surface area contributed by atoms with Crippen LogP contribution in [-0.2, 0) is 27.5 Å². The SMILES string of the molecule is C=CCOc1ccc2c(c1)[C@H]1[C@H](CCCCO)[C@@H](CCCCO)C=C3C(=NOCc4ccccc4)C[C@H](N(Cc4ccc5c(c4)OCO5)C(=O)OCC)[C@@](OCC=C)(O2)[C@H]31. The third-order valence-corrected chi connectivity index (χ3v) is 11.9. The number of hydrogen-bond donors (Lipinski definition) is 2. The summed E-state index contributed by atoms with van der Waals surface area (Å²) in [5.74, 6) is 0.545. The number of ether oxygens (including phenoxy) is 6. The van der Waals surface area contributed by atoms with Gasteiger partial charge in [-0.15, -0.1) is 6.58 Å². The number of oxime groups is 1. The highest BCUT2D eigenvalue weighted by Gasteiger charge is 2.65. The molecule has 2 heterocycles. The molecule has 3 aromatic rings. The Labute approximate surface area is 353 Å². The van der Waals surface area contributed by atoms with E-state index in [1.54, 1.807) is 24.0 Å². The molecule has 0 radical (unpaired) electrons. The second-order valence-corrected chi connectivity index (χ2v) is 15.6. The lowest BCUT2D eigenvalue weighted by Gasteiger charge is -2.59. The van der Waals surface area contributed by atoms with Crippen LogP contribution in [0.3, 0.4) is 0 Å². The molecule has 12 heteroatoms. The van der Waals surface area contributed by atoms with Gasteiger partial charge in [0.15, 0.2) is 11.5 Å². The molecule has 60 heavy (non-hydrogen) atoms. The second-order valence-electron chi connectivity index (χ2n) is 15.6. The van der Waals surface area contributed by atoms with Gasteiger partial charge in [0.2, 0.25) is 12.6 Å². The van der Waals surface area contributed by atoms with Gasteiger partial charge in [0.1, 0.15) is 30.8 Å². The van der Waals surface area contributed by atoms with Crippen LogP contribution in [0.15, 0.2) is 109 Å². The van der Waals surface area contributed by atoms with Gasteiger partial charge in [-0.3, -0.25) is 4.90 Å². The Hall–Kier alpha value is -5.30. The molecule has 0 saturated heterocycles. The lowest BCUT2D eigenvalue weighted by atomic mass is 9.55. The van der Waals surface area contributed by atoms with E-state index in [-0.39, 0.29) is 70.5 Å². The van der Waals surface area contributed by atoms with Crippen molar-refractivity contribution in [3.63, 3.8) is 0 Å². The van der Waals surface area contributed by atoms with E-state index in [1.165, 1.54) is 0 Å². The second kappa shape index (κ2) is 20.3. The number of aliphatic hydroxyl groups is 2. The Morgan fingerprint density at radius 2 is 1.68 bits per heavy atom. The average Bonchev–Trinajstić information content (AvgIpc) is 3.74. The fourth-order valence-corrected chi connectivity index (χ4v) is 9.40. The van der Waals surface area contributed by atoms with Crippen molar-refractivity contribution in [3.8, 4) is 23.0 Å². The van der Waals surface area contributed by atoms with Gasteiger partial charge < -0.3 is 43.5 Å². The van der Waals surface area contributed by atoms with Crippen LogP contribution < -0.4 is 18.9 Å². The number of rotatable bonds is 21. The molecule has 320 valence electrons. The van der Waals surface area contributed by atoms with Gasteiger partial charge in [-0.2, -0.15) is 0 Å². The number of benzene rings is 3. The van der Waals surface area contributed by atoms with Gasteiger partial charge in [0, 0.05) is 37.7 Å². The Bertz CT molecular complexity index is 2000. The van der Waals surface area contributed by atoms with Crippen molar-refractivity contribution in [1.29, 1.82) is 0 Å². The van der Waals surface area contributed by atoms with E-state index in [2.05, 4.69) is 25.3 Å². The number of allylic oxidation sites excluding steroid dienone is 1. The Morgan fingerprint density at radius 1 is 0.917 bits per heavy atom.